The molecule has 2 aromatic heterocycles. The topological polar surface area (TPSA) is 0 Å². The maximum atomic E-state index is 2.40. The number of rotatable bonds is 4. The van der Waals surface area contributed by atoms with Gasteiger partial charge >= 0.3 is 182 Å². The average molecular weight is 516 g/mol. The van der Waals surface area contributed by atoms with Crippen molar-refractivity contribution in [2.45, 2.75) is 9.49 Å². The molecule has 2 aromatic carbocycles. The molecule has 1 saturated heterocycles. The van der Waals surface area contributed by atoms with Crippen LogP contribution in [0.3, 0.4) is 0 Å². The Bertz CT molecular complexity index is 914. The SMILES string of the molecule is c1ccc(C2(c3ccc[se]3)SCSC2(c2ccccc2)c2ccc[se]2)cc1. The van der Waals surface area contributed by atoms with Crippen molar-refractivity contribution in [3.05, 3.63) is 115 Å². The summed E-state index contributed by atoms with van der Waals surface area (Å²) in [4.78, 5) is 4.75. The van der Waals surface area contributed by atoms with Crippen LogP contribution in [0.15, 0.2) is 94.8 Å². The first-order valence-electron chi connectivity index (χ1n) is 8.85. The molecule has 1 aliphatic rings. The Balaban J connectivity index is 1.89. The molecular weight excluding hydrogens is 498 g/mol. The van der Waals surface area contributed by atoms with E-state index >= 15 is 0 Å². The second-order valence-electron chi connectivity index (χ2n) is 6.46. The van der Waals surface area contributed by atoms with Crippen LogP contribution < -0.4 is 0 Å². The predicted molar refractivity (Wildman–Crippen MR) is 121 cm³/mol. The standard InChI is InChI=1S/C23H18S2Se2/c1-3-9-18(10-4-1)22(20-13-7-15-26-20)23(25-17-24-22,21-14-8-16-27-21)19-11-5-2-6-12-19/h1-16H,17H2. The molecule has 0 spiro atoms. The van der Waals surface area contributed by atoms with Gasteiger partial charge in [0.25, 0.3) is 0 Å². The first-order valence-corrected chi connectivity index (χ1v) is 14.5. The van der Waals surface area contributed by atoms with Crippen molar-refractivity contribution < 1.29 is 0 Å². The molecular formula is C23H18S2Se2. The summed E-state index contributed by atoms with van der Waals surface area (Å²) in [6.45, 7) is 0. The average Bonchev–Trinajstić information content (AvgIpc) is 3.50. The van der Waals surface area contributed by atoms with E-state index in [0.717, 1.165) is 5.08 Å². The minimum atomic E-state index is -0.0383. The molecule has 0 bridgehead atoms. The Hall–Kier alpha value is -0.861. The molecule has 1 aliphatic heterocycles. The minimum absolute atomic E-state index is 0.0383. The Morgan fingerprint density at radius 2 is 1.00 bits per heavy atom. The van der Waals surface area contributed by atoms with E-state index in [1.807, 2.05) is 0 Å². The zero-order valence-electron chi connectivity index (χ0n) is 14.6. The van der Waals surface area contributed by atoms with Gasteiger partial charge in [0.05, 0.1) is 0 Å². The number of thioether (sulfide) groups is 2. The number of benzene rings is 2. The monoisotopic (exact) mass is 518 g/mol. The molecule has 27 heavy (non-hydrogen) atoms. The predicted octanol–water partition coefficient (Wildman–Crippen LogP) is 5.43. The molecule has 2 unspecified atom stereocenters. The normalized spacial score (nSPS) is 24.9. The van der Waals surface area contributed by atoms with Crippen molar-refractivity contribution in [1.82, 2.24) is 0 Å². The van der Waals surface area contributed by atoms with E-state index in [1.165, 1.54) is 11.1 Å². The molecule has 0 saturated carbocycles. The zero-order valence-corrected chi connectivity index (χ0v) is 19.6. The zero-order chi connectivity index (χ0) is 18.2. The molecule has 0 N–H and O–H groups in total. The summed E-state index contributed by atoms with van der Waals surface area (Å²) >= 11 is 5.10. The second-order valence-corrected chi connectivity index (χ2v) is 13.2. The van der Waals surface area contributed by atoms with E-state index in [0.29, 0.717) is 29.0 Å². The Kier molecular flexibility index (Phi) is 5.06. The van der Waals surface area contributed by atoms with Crippen molar-refractivity contribution >= 4 is 52.5 Å². The van der Waals surface area contributed by atoms with E-state index in [2.05, 4.69) is 118 Å². The summed E-state index contributed by atoms with van der Waals surface area (Å²) in [5, 5.41) is 1.12. The maximum absolute atomic E-state index is 2.40. The third-order valence-electron chi connectivity index (χ3n) is 5.14. The molecule has 4 aromatic rings. The Labute approximate surface area is 180 Å². The summed E-state index contributed by atoms with van der Waals surface area (Å²) in [5.41, 5.74) is 2.90. The van der Waals surface area contributed by atoms with E-state index in [-0.39, 0.29) is 9.49 Å². The van der Waals surface area contributed by atoms with Gasteiger partial charge in [-0.3, -0.25) is 0 Å². The van der Waals surface area contributed by atoms with Gasteiger partial charge in [0.2, 0.25) is 0 Å². The molecule has 0 radical (unpaired) electrons. The molecule has 3 heterocycles. The van der Waals surface area contributed by atoms with Gasteiger partial charge < -0.3 is 0 Å². The van der Waals surface area contributed by atoms with Crippen LogP contribution in [0, 0.1) is 0 Å². The van der Waals surface area contributed by atoms with Crippen molar-refractivity contribution in [1.29, 1.82) is 0 Å². The molecule has 4 heteroatoms. The molecule has 0 amide bonds. The molecule has 2 atom stereocenters. The van der Waals surface area contributed by atoms with Crippen molar-refractivity contribution in [3.63, 3.8) is 0 Å². The summed E-state index contributed by atoms with van der Waals surface area (Å²) in [6.07, 6.45) is 0. The second kappa shape index (κ2) is 7.52. The Morgan fingerprint density at radius 3 is 1.37 bits per heavy atom. The van der Waals surface area contributed by atoms with Gasteiger partial charge in [0.15, 0.2) is 0 Å². The van der Waals surface area contributed by atoms with Gasteiger partial charge in [-0.15, -0.1) is 0 Å². The van der Waals surface area contributed by atoms with E-state index in [9.17, 15) is 0 Å². The van der Waals surface area contributed by atoms with Crippen molar-refractivity contribution in [3.8, 4) is 0 Å². The molecule has 0 nitrogen and oxygen atoms in total. The van der Waals surface area contributed by atoms with Crippen LogP contribution in [0.5, 0.6) is 0 Å². The van der Waals surface area contributed by atoms with Crippen LogP contribution in [0.1, 0.15) is 20.0 Å². The summed E-state index contributed by atoms with van der Waals surface area (Å²) in [7, 11) is 0. The Morgan fingerprint density at radius 1 is 0.556 bits per heavy atom. The van der Waals surface area contributed by atoms with Crippen LogP contribution in [0.25, 0.3) is 0 Å². The van der Waals surface area contributed by atoms with Crippen LogP contribution in [-0.4, -0.2) is 34.1 Å². The summed E-state index contributed by atoms with van der Waals surface area (Å²) < 4.78 is 3.12. The van der Waals surface area contributed by atoms with Gasteiger partial charge in [-0.1, -0.05) is 0 Å². The third kappa shape index (κ3) is 2.74. The van der Waals surface area contributed by atoms with Gasteiger partial charge in [0.1, 0.15) is 0 Å². The van der Waals surface area contributed by atoms with Gasteiger partial charge in [-0.25, -0.2) is 0 Å². The fourth-order valence-electron chi connectivity index (χ4n) is 4.06. The van der Waals surface area contributed by atoms with Crippen LogP contribution >= 0.6 is 23.5 Å². The number of hydrogen-bond acceptors (Lipinski definition) is 2. The van der Waals surface area contributed by atoms with Gasteiger partial charge in [-0.2, -0.15) is 0 Å². The summed E-state index contributed by atoms with van der Waals surface area (Å²) in [6, 6.07) is 31.8. The fraction of sp³-hybridized carbons (Fsp3) is 0.130. The molecule has 0 aliphatic carbocycles. The van der Waals surface area contributed by atoms with E-state index in [4.69, 9.17) is 0 Å². The van der Waals surface area contributed by atoms with Crippen LogP contribution in [-0.2, 0) is 9.49 Å². The van der Waals surface area contributed by atoms with Crippen LogP contribution in [0.2, 0.25) is 0 Å². The van der Waals surface area contributed by atoms with Crippen molar-refractivity contribution in [2.75, 3.05) is 5.08 Å². The van der Waals surface area contributed by atoms with E-state index < -0.39 is 0 Å². The number of hydrogen-bond donors (Lipinski definition) is 0. The first kappa shape index (κ1) is 18.2. The quantitative estimate of drug-likeness (QED) is 0.332. The third-order valence-corrected chi connectivity index (χ3v) is 13.3. The first-order chi connectivity index (χ1) is 13.4. The van der Waals surface area contributed by atoms with Crippen LogP contribution in [0.4, 0.5) is 0 Å². The van der Waals surface area contributed by atoms with Crippen molar-refractivity contribution in [2.24, 2.45) is 0 Å². The summed E-state index contributed by atoms with van der Waals surface area (Å²) in [5.74, 6) is 0. The molecule has 5 rings (SSSR count). The molecule has 1 fully saturated rings. The van der Waals surface area contributed by atoms with E-state index in [1.54, 1.807) is 8.87 Å². The van der Waals surface area contributed by atoms with Gasteiger partial charge in [-0.05, 0) is 0 Å². The van der Waals surface area contributed by atoms with Gasteiger partial charge in [0, 0.05) is 0 Å². The molecule has 134 valence electrons. The fourth-order valence-corrected chi connectivity index (χ4v) is 13.3.